The maximum atomic E-state index is 12.4. The third-order valence-electron chi connectivity index (χ3n) is 4.29. The molecule has 0 radical (unpaired) electrons. The highest BCUT2D eigenvalue weighted by molar-refractivity contribution is 7.15. The molecule has 5 heteroatoms. The molecule has 2 rings (SSSR count). The number of hydrogen-bond donors (Lipinski definition) is 2. The molecule has 4 nitrogen and oxygen atoms in total. The molecule has 0 aliphatic heterocycles. The van der Waals surface area contributed by atoms with Crippen LogP contribution in [0.5, 0.6) is 0 Å². The summed E-state index contributed by atoms with van der Waals surface area (Å²) in [6.45, 7) is 6.38. The number of hydrogen-bond acceptors (Lipinski definition) is 3. The smallest absolute Gasteiger partial charge is 0.348 e. The summed E-state index contributed by atoms with van der Waals surface area (Å²) in [5.74, 6) is 6.11. The lowest BCUT2D eigenvalue weighted by Gasteiger charge is -2.25. The zero-order valence-electron chi connectivity index (χ0n) is 14.5. The van der Waals surface area contributed by atoms with Crippen LogP contribution in [0.15, 0.2) is 6.07 Å². The van der Waals surface area contributed by atoms with Gasteiger partial charge in [0.1, 0.15) is 4.88 Å². The van der Waals surface area contributed by atoms with Crippen LogP contribution in [0, 0.1) is 29.6 Å². The highest BCUT2D eigenvalue weighted by atomic mass is 32.1. The summed E-state index contributed by atoms with van der Waals surface area (Å²) in [5, 5.41) is 12.2. The lowest BCUT2D eigenvalue weighted by atomic mass is 9.82. The molecule has 0 spiro atoms. The first-order chi connectivity index (χ1) is 11.4. The van der Waals surface area contributed by atoms with Gasteiger partial charge in [-0.1, -0.05) is 32.6 Å². The zero-order valence-corrected chi connectivity index (χ0v) is 15.3. The van der Waals surface area contributed by atoms with Crippen molar-refractivity contribution >= 4 is 28.9 Å². The van der Waals surface area contributed by atoms with Crippen LogP contribution >= 0.6 is 11.3 Å². The van der Waals surface area contributed by atoms with Crippen LogP contribution in [-0.2, 0) is 4.79 Å². The van der Waals surface area contributed by atoms with E-state index in [1.807, 2.05) is 0 Å². The monoisotopic (exact) mass is 347 g/mol. The van der Waals surface area contributed by atoms with Gasteiger partial charge in [-0.3, -0.25) is 4.79 Å². The number of aromatic carboxylic acids is 1. The second-order valence-corrected chi connectivity index (χ2v) is 8.06. The third-order valence-corrected chi connectivity index (χ3v) is 5.33. The average molecular weight is 347 g/mol. The van der Waals surface area contributed by atoms with E-state index in [1.165, 1.54) is 0 Å². The third kappa shape index (κ3) is 5.10. The van der Waals surface area contributed by atoms with Gasteiger partial charge < -0.3 is 10.4 Å². The normalized spacial score (nSPS) is 20.3. The largest absolute Gasteiger partial charge is 0.477 e. The van der Waals surface area contributed by atoms with Gasteiger partial charge in [-0.05, 0) is 43.6 Å². The molecule has 1 aliphatic rings. The summed E-state index contributed by atoms with van der Waals surface area (Å²) >= 11 is 1.12. The van der Waals surface area contributed by atoms with E-state index in [4.69, 9.17) is 0 Å². The van der Waals surface area contributed by atoms with Crippen molar-refractivity contribution in [2.24, 2.45) is 17.8 Å². The van der Waals surface area contributed by atoms with Gasteiger partial charge in [-0.15, -0.1) is 11.3 Å². The van der Waals surface area contributed by atoms with E-state index >= 15 is 0 Å². The maximum absolute atomic E-state index is 12.4. The molecular weight excluding hydrogens is 322 g/mol. The number of carboxylic acids is 1. The van der Waals surface area contributed by atoms with Gasteiger partial charge in [0.15, 0.2) is 0 Å². The predicted octanol–water partition coefficient (Wildman–Crippen LogP) is 4.61. The molecule has 1 aliphatic carbocycles. The first-order valence-electron chi connectivity index (χ1n) is 8.53. The molecule has 1 aromatic rings. The van der Waals surface area contributed by atoms with Gasteiger partial charge in [-0.2, -0.15) is 0 Å². The Bertz CT molecular complexity index is 658. The Morgan fingerprint density at radius 2 is 2.00 bits per heavy atom. The number of thiophene rings is 1. The van der Waals surface area contributed by atoms with Crippen molar-refractivity contribution in [3.05, 3.63) is 15.8 Å². The van der Waals surface area contributed by atoms with E-state index in [2.05, 4.69) is 37.9 Å². The van der Waals surface area contributed by atoms with Gasteiger partial charge in [0.25, 0.3) is 0 Å². The number of anilines is 1. The van der Waals surface area contributed by atoms with Crippen molar-refractivity contribution in [1.82, 2.24) is 0 Å². The van der Waals surface area contributed by atoms with E-state index in [1.54, 1.807) is 6.07 Å². The van der Waals surface area contributed by atoms with Crippen molar-refractivity contribution in [2.75, 3.05) is 5.32 Å². The Morgan fingerprint density at radius 1 is 1.33 bits per heavy atom. The first-order valence-corrected chi connectivity index (χ1v) is 9.35. The van der Waals surface area contributed by atoms with Crippen molar-refractivity contribution in [2.45, 2.75) is 52.9 Å². The van der Waals surface area contributed by atoms with Gasteiger partial charge in [-0.25, -0.2) is 4.79 Å². The number of carbonyl (C=O) groups excluding carboxylic acids is 1. The molecule has 130 valence electrons. The molecule has 1 saturated carbocycles. The van der Waals surface area contributed by atoms with Gasteiger partial charge in [0.2, 0.25) is 5.91 Å². The molecule has 0 aromatic carbocycles. The minimum Gasteiger partial charge on any atom is -0.477 e. The Balaban J connectivity index is 2.10. The number of carbonyl (C=O) groups is 2. The standard InChI is InChI=1S/C19H25NO3S/c1-12(2)5-4-6-15-11-16(17(24-15)19(22)23)20-18(21)14-9-7-13(3)8-10-14/h11-14H,5,7-10H2,1-3H3,(H,20,21)(H,22,23). The Labute approximate surface area is 147 Å². The van der Waals surface area contributed by atoms with E-state index in [-0.39, 0.29) is 16.7 Å². The fourth-order valence-corrected chi connectivity index (χ4v) is 3.63. The van der Waals surface area contributed by atoms with Crippen molar-refractivity contribution in [1.29, 1.82) is 0 Å². The second kappa shape index (κ2) is 8.34. The van der Waals surface area contributed by atoms with Crippen LogP contribution < -0.4 is 5.32 Å². The fourth-order valence-electron chi connectivity index (χ4n) is 2.80. The molecule has 1 fully saturated rings. The Morgan fingerprint density at radius 3 is 2.58 bits per heavy atom. The number of carboxylic acid groups (broad SMARTS) is 1. The quantitative estimate of drug-likeness (QED) is 0.782. The minimum atomic E-state index is -1.02. The van der Waals surface area contributed by atoms with Crippen LogP contribution in [-0.4, -0.2) is 17.0 Å². The lowest BCUT2D eigenvalue weighted by Crippen LogP contribution is -2.27. The van der Waals surface area contributed by atoms with Crippen molar-refractivity contribution in [3.63, 3.8) is 0 Å². The summed E-state index contributed by atoms with van der Waals surface area (Å²) in [4.78, 5) is 24.7. The SMILES string of the molecule is CC(C)CC#Cc1cc(NC(=O)C2CCC(C)CC2)c(C(=O)O)s1. The highest BCUT2D eigenvalue weighted by Gasteiger charge is 2.26. The lowest BCUT2D eigenvalue weighted by molar-refractivity contribution is -0.121. The van der Waals surface area contributed by atoms with Crippen LogP contribution in [0.3, 0.4) is 0 Å². The molecule has 0 bridgehead atoms. The van der Waals surface area contributed by atoms with Gasteiger partial charge in [0, 0.05) is 12.3 Å². The average Bonchev–Trinajstić information content (AvgIpc) is 2.90. The molecule has 1 heterocycles. The Hall–Kier alpha value is -1.80. The second-order valence-electron chi connectivity index (χ2n) is 7.00. The molecule has 24 heavy (non-hydrogen) atoms. The van der Waals surface area contributed by atoms with E-state index < -0.39 is 5.97 Å². The molecule has 0 atom stereocenters. The van der Waals surface area contributed by atoms with E-state index in [9.17, 15) is 14.7 Å². The summed E-state index contributed by atoms with van der Waals surface area (Å²) in [7, 11) is 0. The van der Waals surface area contributed by atoms with Crippen LogP contribution in [0.2, 0.25) is 0 Å². The number of amides is 1. The van der Waals surface area contributed by atoms with E-state index in [0.717, 1.165) is 43.4 Å². The summed E-state index contributed by atoms with van der Waals surface area (Å²) in [6.07, 6.45) is 4.63. The van der Waals surface area contributed by atoms with Gasteiger partial charge in [0.05, 0.1) is 10.6 Å². The van der Waals surface area contributed by atoms with Gasteiger partial charge >= 0.3 is 5.97 Å². The predicted molar refractivity (Wildman–Crippen MR) is 97.4 cm³/mol. The maximum Gasteiger partial charge on any atom is 0.348 e. The molecule has 1 amide bonds. The van der Waals surface area contributed by atoms with Crippen LogP contribution in [0.4, 0.5) is 5.69 Å². The van der Waals surface area contributed by atoms with Crippen LogP contribution in [0.25, 0.3) is 0 Å². The molecule has 1 aromatic heterocycles. The van der Waals surface area contributed by atoms with E-state index in [0.29, 0.717) is 22.4 Å². The molecule has 0 saturated heterocycles. The summed E-state index contributed by atoms with van der Waals surface area (Å²) in [6, 6.07) is 1.69. The molecular formula is C19H25NO3S. The summed E-state index contributed by atoms with van der Waals surface area (Å²) < 4.78 is 0. The highest BCUT2D eigenvalue weighted by Crippen LogP contribution is 2.31. The Kier molecular flexibility index (Phi) is 6.44. The number of rotatable bonds is 4. The molecule has 2 N–H and O–H groups in total. The fraction of sp³-hybridized carbons (Fsp3) is 0.579. The first kappa shape index (κ1) is 18.5. The minimum absolute atomic E-state index is 0.0155. The van der Waals surface area contributed by atoms with Crippen molar-refractivity contribution in [3.8, 4) is 11.8 Å². The zero-order chi connectivity index (χ0) is 17.7. The summed E-state index contributed by atoms with van der Waals surface area (Å²) in [5.41, 5.74) is 0.380. The topological polar surface area (TPSA) is 66.4 Å². The van der Waals surface area contributed by atoms with Crippen molar-refractivity contribution < 1.29 is 14.7 Å². The van der Waals surface area contributed by atoms with Crippen LogP contribution in [0.1, 0.15) is 67.4 Å². The number of nitrogens with one attached hydrogen (secondary N) is 1. The molecule has 0 unspecified atom stereocenters.